The third kappa shape index (κ3) is 5.74. The van der Waals surface area contributed by atoms with Gasteiger partial charge in [-0.1, -0.05) is 20.3 Å². The Morgan fingerprint density at radius 1 is 1.60 bits per heavy atom. The number of nitrogens with two attached hydrogens (primary N) is 1. The molecule has 0 saturated carbocycles. The molecule has 0 aliphatic rings. The van der Waals surface area contributed by atoms with E-state index in [1.165, 1.54) is 0 Å². The van der Waals surface area contributed by atoms with E-state index >= 15 is 0 Å². The average molecular weight is 216 g/mol. The summed E-state index contributed by atoms with van der Waals surface area (Å²) < 4.78 is 0. The van der Waals surface area contributed by atoms with Crippen LogP contribution in [0.15, 0.2) is 0 Å². The minimum Gasteiger partial charge on any atom is -0.480 e. The first-order valence-electron chi connectivity index (χ1n) is 5.50. The molecule has 0 aromatic carbocycles. The van der Waals surface area contributed by atoms with Gasteiger partial charge in [-0.25, -0.2) is 0 Å². The number of carboxylic acid groups (broad SMARTS) is 1. The van der Waals surface area contributed by atoms with Crippen molar-refractivity contribution in [2.24, 2.45) is 11.7 Å². The van der Waals surface area contributed by atoms with Crippen LogP contribution < -0.4 is 5.73 Å². The Morgan fingerprint density at radius 2 is 2.13 bits per heavy atom. The highest BCUT2D eigenvalue weighted by Crippen LogP contribution is 2.08. The molecule has 3 N–H and O–H groups in total. The van der Waals surface area contributed by atoms with Crippen LogP contribution in [0.25, 0.3) is 0 Å². The predicted octanol–water partition coefficient (Wildman–Crippen LogP) is 1.16. The Bertz CT molecular complexity index is 205. The van der Waals surface area contributed by atoms with E-state index in [4.69, 9.17) is 10.8 Å². The molecule has 0 bridgehead atoms. The van der Waals surface area contributed by atoms with Gasteiger partial charge in [-0.05, 0) is 26.3 Å². The molecule has 0 heterocycles. The maximum Gasteiger partial charge on any atom is 0.323 e. The van der Waals surface area contributed by atoms with Gasteiger partial charge in [0, 0.05) is 13.1 Å². The maximum absolute atomic E-state index is 10.8. The summed E-state index contributed by atoms with van der Waals surface area (Å²) >= 11 is 0. The van der Waals surface area contributed by atoms with E-state index in [2.05, 4.69) is 18.7 Å². The minimum absolute atomic E-state index is 0.481. The minimum atomic E-state index is -1.11. The van der Waals surface area contributed by atoms with E-state index in [1.54, 1.807) is 6.92 Å². The van der Waals surface area contributed by atoms with Crippen molar-refractivity contribution in [1.82, 2.24) is 4.90 Å². The molecule has 0 amide bonds. The summed E-state index contributed by atoms with van der Waals surface area (Å²) in [6.45, 7) is 7.63. The topological polar surface area (TPSA) is 66.6 Å². The lowest BCUT2D eigenvalue weighted by Crippen LogP contribution is -2.47. The lowest BCUT2D eigenvalue weighted by Gasteiger charge is -2.25. The second-order valence-electron chi connectivity index (χ2n) is 4.75. The first-order valence-corrected chi connectivity index (χ1v) is 5.50. The maximum atomic E-state index is 10.8. The third-order valence-corrected chi connectivity index (χ3v) is 2.82. The molecule has 0 aromatic heterocycles. The highest BCUT2D eigenvalue weighted by atomic mass is 16.4. The zero-order chi connectivity index (χ0) is 12.1. The van der Waals surface area contributed by atoms with Crippen LogP contribution >= 0.6 is 0 Å². The summed E-state index contributed by atoms with van der Waals surface area (Å²) in [6.07, 6.45) is 1.62. The Morgan fingerprint density at radius 3 is 2.53 bits per heavy atom. The lowest BCUT2D eigenvalue weighted by atomic mass is 9.99. The molecule has 4 nitrogen and oxygen atoms in total. The van der Waals surface area contributed by atoms with Crippen molar-refractivity contribution in [2.75, 3.05) is 20.1 Å². The number of carbonyl (C=O) groups is 1. The fourth-order valence-electron chi connectivity index (χ4n) is 1.28. The van der Waals surface area contributed by atoms with Crippen molar-refractivity contribution in [2.45, 2.75) is 39.2 Å². The van der Waals surface area contributed by atoms with Crippen molar-refractivity contribution >= 4 is 5.97 Å². The van der Waals surface area contributed by atoms with Crippen molar-refractivity contribution in [1.29, 1.82) is 0 Å². The molecule has 0 aliphatic carbocycles. The Hall–Kier alpha value is -0.610. The summed E-state index contributed by atoms with van der Waals surface area (Å²) in [4.78, 5) is 12.9. The molecule has 0 saturated heterocycles. The quantitative estimate of drug-likeness (QED) is 0.670. The average Bonchev–Trinajstić information content (AvgIpc) is 2.14. The summed E-state index contributed by atoms with van der Waals surface area (Å²) in [5.41, 5.74) is 4.54. The molecule has 0 aromatic rings. The second kappa shape index (κ2) is 6.08. The number of hydrogen-bond acceptors (Lipinski definition) is 3. The molecule has 0 radical (unpaired) electrons. The van der Waals surface area contributed by atoms with E-state index in [-0.39, 0.29) is 0 Å². The fourth-order valence-corrected chi connectivity index (χ4v) is 1.28. The van der Waals surface area contributed by atoms with Gasteiger partial charge < -0.3 is 15.7 Å². The highest BCUT2D eigenvalue weighted by molar-refractivity contribution is 5.77. The third-order valence-electron chi connectivity index (χ3n) is 2.82. The molecule has 0 rings (SSSR count). The number of aliphatic carboxylic acids is 1. The molecule has 15 heavy (non-hydrogen) atoms. The number of carboxylic acids is 1. The van der Waals surface area contributed by atoms with E-state index < -0.39 is 11.5 Å². The standard InChI is InChI=1S/C11H24N2O2/c1-5-9(2)8-13(4)7-6-11(3,12)10(14)15/h9H,5-8,12H2,1-4H3,(H,14,15). The van der Waals surface area contributed by atoms with Crippen LogP contribution in [0.4, 0.5) is 0 Å². The van der Waals surface area contributed by atoms with Gasteiger partial charge >= 0.3 is 5.97 Å². The molecular formula is C11H24N2O2. The van der Waals surface area contributed by atoms with E-state index in [0.29, 0.717) is 12.3 Å². The first kappa shape index (κ1) is 14.4. The molecule has 2 atom stereocenters. The van der Waals surface area contributed by atoms with Gasteiger partial charge in [-0.3, -0.25) is 4.79 Å². The number of rotatable bonds is 7. The largest absolute Gasteiger partial charge is 0.480 e. The lowest BCUT2D eigenvalue weighted by molar-refractivity contribution is -0.143. The fraction of sp³-hybridized carbons (Fsp3) is 0.909. The number of nitrogens with zero attached hydrogens (tertiary/aromatic N) is 1. The van der Waals surface area contributed by atoms with E-state index in [1.807, 2.05) is 7.05 Å². The SMILES string of the molecule is CCC(C)CN(C)CCC(C)(N)C(=O)O. The Balaban J connectivity index is 3.90. The van der Waals surface area contributed by atoms with Crippen LogP contribution in [0.1, 0.15) is 33.6 Å². The van der Waals surface area contributed by atoms with Crippen LogP contribution in [-0.2, 0) is 4.79 Å². The Labute approximate surface area is 92.4 Å². The van der Waals surface area contributed by atoms with Crippen LogP contribution in [-0.4, -0.2) is 41.7 Å². The molecule has 90 valence electrons. The molecule has 0 fully saturated rings. The second-order valence-corrected chi connectivity index (χ2v) is 4.75. The van der Waals surface area contributed by atoms with Crippen LogP contribution in [0.3, 0.4) is 0 Å². The number of hydrogen-bond donors (Lipinski definition) is 2. The molecule has 0 spiro atoms. The summed E-state index contributed by atoms with van der Waals surface area (Å²) in [5.74, 6) is -0.289. The van der Waals surface area contributed by atoms with Crippen LogP contribution in [0.2, 0.25) is 0 Å². The molecule has 0 aliphatic heterocycles. The summed E-state index contributed by atoms with van der Waals surface area (Å²) in [7, 11) is 2.00. The van der Waals surface area contributed by atoms with Gasteiger partial charge in [0.2, 0.25) is 0 Å². The van der Waals surface area contributed by atoms with Gasteiger partial charge in [0.1, 0.15) is 5.54 Å². The predicted molar refractivity (Wildman–Crippen MR) is 61.8 cm³/mol. The normalized spacial score (nSPS) is 17.5. The summed E-state index contributed by atoms with van der Waals surface area (Å²) in [6, 6.07) is 0. The monoisotopic (exact) mass is 216 g/mol. The first-order chi connectivity index (χ1) is 6.79. The van der Waals surface area contributed by atoms with E-state index in [9.17, 15) is 4.79 Å². The van der Waals surface area contributed by atoms with E-state index in [0.717, 1.165) is 19.5 Å². The molecule has 4 heteroatoms. The van der Waals surface area contributed by atoms with Crippen LogP contribution in [0, 0.1) is 5.92 Å². The van der Waals surface area contributed by atoms with Crippen molar-refractivity contribution in [3.8, 4) is 0 Å². The highest BCUT2D eigenvalue weighted by Gasteiger charge is 2.27. The van der Waals surface area contributed by atoms with Crippen molar-refractivity contribution in [3.63, 3.8) is 0 Å². The van der Waals surface area contributed by atoms with Crippen molar-refractivity contribution in [3.05, 3.63) is 0 Å². The summed E-state index contributed by atoms with van der Waals surface area (Å²) in [5, 5.41) is 8.84. The van der Waals surface area contributed by atoms with Crippen LogP contribution in [0.5, 0.6) is 0 Å². The zero-order valence-corrected chi connectivity index (χ0v) is 10.3. The van der Waals surface area contributed by atoms with Gasteiger partial charge in [0.15, 0.2) is 0 Å². The molecule has 2 unspecified atom stereocenters. The van der Waals surface area contributed by atoms with Gasteiger partial charge in [-0.2, -0.15) is 0 Å². The molecular weight excluding hydrogens is 192 g/mol. The van der Waals surface area contributed by atoms with Gasteiger partial charge in [-0.15, -0.1) is 0 Å². The van der Waals surface area contributed by atoms with Crippen molar-refractivity contribution < 1.29 is 9.90 Å². The Kier molecular flexibility index (Phi) is 5.83. The smallest absolute Gasteiger partial charge is 0.323 e. The van der Waals surface area contributed by atoms with Gasteiger partial charge in [0.25, 0.3) is 0 Å². The van der Waals surface area contributed by atoms with Gasteiger partial charge in [0.05, 0.1) is 0 Å². The zero-order valence-electron chi connectivity index (χ0n) is 10.3.